The first-order valence-corrected chi connectivity index (χ1v) is 9.91. The van der Waals surface area contributed by atoms with Crippen molar-refractivity contribution in [1.82, 2.24) is 14.9 Å². The van der Waals surface area contributed by atoms with Crippen molar-refractivity contribution in [3.8, 4) is 6.07 Å². The number of nitrogens with zero attached hydrogens (tertiary/aromatic N) is 4. The summed E-state index contributed by atoms with van der Waals surface area (Å²) in [5, 5.41) is 13.4. The smallest absolute Gasteiger partial charge is 0.257 e. The zero-order chi connectivity index (χ0) is 20.4. The van der Waals surface area contributed by atoms with Crippen molar-refractivity contribution in [3.63, 3.8) is 0 Å². The molecule has 2 aromatic heterocycles. The number of piperidine rings is 1. The quantitative estimate of drug-likeness (QED) is 0.714. The zero-order valence-corrected chi connectivity index (χ0v) is 16.6. The Morgan fingerprint density at radius 2 is 2.14 bits per heavy atom. The van der Waals surface area contributed by atoms with E-state index in [1.807, 2.05) is 36.1 Å². The van der Waals surface area contributed by atoms with Crippen LogP contribution in [0.25, 0.3) is 11.0 Å². The van der Waals surface area contributed by atoms with Crippen molar-refractivity contribution in [2.45, 2.75) is 39.2 Å². The van der Waals surface area contributed by atoms with Gasteiger partial charge in [-0.15, -0.1) is 0 Å². The predicted molar refractivity (Wildman–Crippen MR) is 113 cm³/mol. The van der Waals surface area contributed by atoms with Gasteiger partial charge in [-0.2, -0.15) is 5.26 Å². The molecular weight excluding hydrogens is 362 g/mol. The predicted octanol–water partition coefficient (Wildman–Crippen LogP) is 4.57. The van der Waals surface area contributed by atoms with Crippen LogP contribution in [-0.4, -0.2) is 33.4 Å². The zero-order valence-electron chi connectivity index (χ0n) is 16.6. The number of benzene rings is 1. The maximum atomic E-state index is 13.4. The Morgan fingerprint density at radius 1 is 1.28 bits per heavy atom. The molecule has 1 N–H and O–H groups in total. The molecule has 146 valence electrons. The number of likely N-dealkylation sites (tertiary alicyclic amines) is 1. The first-order chi connectivity index (χ1) is 14.1. The lowest BCUT2D eigenvalue weighted by Crippen LogP contribution is -2.42. The van der Waals surface area contributed by atoms with E-state index in [2.05, 4.69) is 28.3 Å². The van der Waals surface area contributed by atoms with E-state index in [1.165, 1.54) is 0 Å². The standard InChI is InChI=1S/C23H23N5O/c1-15-9-10-19-21(27-18-8-5-7-17(12-18)13-24)20(14-25-22(19)26-15)23(29)28-11-4-3-6-16(28)2/h5,7-10,12,14,16H,3-4,6,11H2,1-2H3,(H,25,26,27)/t16-/m1/s1. The molecule has 1 saturated heterocycles. The molecule has 3 heterocycles. The number of fused-ring (bicyclic) bond motifs is 1. The Kier molecular flexibility index (Phi) is 5.13. The molecule has 1 amide bonds. The summed E-state index contributed by atoms with van der Waals surface area (Å²) in [6, 6.07) is 13.4. The second kappa shape index (κ2) is 7.88. The van der Waals surface area contributed by atoms with Crippen LogP contribution in [0.3, 0.4) is 0 Å². The highest BCUT2D eigenvalue weighted by atomic mass is 16.2. The molecule has 6 heteroatoms. The second-order valence-electron chi connectivity index (χ2n) is 7.53. The van der Waals surface area contributed by atoms with E-state index >= 15 is 0 Å². The summed E-state index contributed by atoms with van der Waals surface area (Å²) >= 11 is 0. The highest BCUT2D eigenvalue weighted by Crippen LogP contribution is 2.31. The van der Waals surface area contributed by atoms with Crippen molar-refractivity contribution < 1.29 is 4.79 Å². The van der Waals surface area contributed by atoms with E-state index in [0.717, 1.165) is 42.6 Å². The lowest BCUT2D eigenvalue weighted by molar-refractivity contribution is 0.0636. The molecule has 1 aliphatic rings. The summed E-state index contributed by atoms with van der Waals surface area (Å²) < 4.78 is 0. The van der Waals surface area contributed by atoms with E-state index in [9.17, 15) is 10.1 Å². The average Bonchev–Trinajstić information content (AvgIpc) is 2.74. The molecule has 0 unspecified atom stereocenters. The Balaban J connectivity index is 1.83. The molecule has 0 saturated carbocycles. The summed E-state index contributed by atoms with van der Waals surface area (Å²) in [6.45, 7) is 4.77. The van der Waals surface area contributed by atoms with Crippen LogP contribution in [0.5, 0.6) is 0 Å². The number of carbonyl (C=O) groups excluding carboxylic acids is 1. The molecule has 0 aliphatic carbocycles. The monoisotopic (exact) mass is 385 g/mol. The van der Waals surface area contributed by atoms with Crippen LogP contribution in [0.15, 0.2) is 42.6 Å². The third kappa shape index (κ3) is 3.77. The molecule has 6 nitrogen and oxygen atoms in total. The number of pyridine rings is 2. The van der Waals surface area contributed by atoms with E-state index in [0.29, 0.717) is 22.5 Å². The lowest BCUT2D eigenvalue weighted by Gasteiger charge is -2.34. The Morgan fingerprint density at radius 3 is 2.93 bits per heavy atom. The van der Waals surface area contributed by atoms with Gasteiger partial charge in [0.25, 0.3) is 5.91 Å². The lowest BCUT2D eigenvalue weighted by atomic mass is 10.0. The fourth-order valence-corrected chi connectivity index (χ4v) is 3.83. The number of aromatic nitrogens is 2. The number of nitrogens with one attached hydrogen (secondary N) is 1. The van der Waals surface area contributed by atoms with Crippen LogP contribution < -0.4 is 5.32 Å². The van der Waals surface area contributed by atoms with Gasteiger partial charge < -0.3 is 10.2 Å². The molecule has 29 heavy (non-hydrogen) atoms. The van der Waals surface area contributed by atoms with Crippen LogP contribution in [-0.2, 0) is 0 Å². The highest BCUT2D eigenvalue weighted by Gasteiger charge is 2.27. The highest BCUT2D eigenvalue weighted by molar-refractivity contribution is 6.07. The van der Waals surface area contributed by atoms with Gasteiger partial charge in [0.05, 0.1) is 22.9 Å². The number of amides is 1. The number of anilines is 2. The van der Waals surface area contributed by atoms with Gasteiger partial charge in [0.2, 0.25) is 0 Å². The van der Waals surface area contributed by atoms with Gasteiger partial charge in [-0.05, 0) is 63.4 Å². The topological polar surface area (TPSA) is 81.9 Å². The maximum Gasteiger partial charge on any atom is 0.257 e. The fourth-order valence-electron chi connectivity index (χ4n) is 3.83. The molecule has 3 aromatic rings. The van der Waals surface area contributed by atoms with Gasteiger partial charge in [-0.1, -0.05) is 6.07 Å². The molecule has 1 aliphatic heterocycles. The minimum atomic E-state index is -0.0221. The van der Waals surface area contributed by atoms with Crippen molar-refractivity contribution in [3.05, 3.63) is 59.4 Å². The molecule has 4 rings (SSSR count). The van der Waals surface area contributed by atoms with Gasteiger partial charge in [0, 0.05) is 35.6 Å². The Bertz CT molecular complexity index is 1120. The van der Waals surface area contributed by atoms with Gasteiger partial charge in [0.15, 0.2) is 5.65 Å². The summed E-state index contributed by atoms with van der Waals surface area (Å²) in [6.07, 6.45) is 4.80. The van der Waals surface area contributed by atoms with Crippen LogP contribution in [0, 0.1) is 18.3 Å². The van der Waals surface area contributed by atoms with Crippen molar-refractivity contribution in [2.75, 3.05) is 11.9 Å². The summed E-state index contributed by atoms with van der Waals surface area (Å²) in [7, 11) is 0. The molecule has 1 fully saturated rings. The number of hydrogen-bond acceptors (Lipinski definition) is 5. The SMILES string of the molecule is Cc1ccc2c(Nc3cccc(C#N)c3)c(C(=O)N3CCCC[C@H]3C)cnc2n1. The number of aryl methyl sites for hydroxylation is 1. The van der Waals surface area contributed by atoms with Gasteiger partial charge >= 0.3 is 0 Å². The number of hydrogen-bond donors (Lipinski definition) is 1. The van der Waals surface area contributed by atoms with Crippen molar-refractivity contribution >= 4 is 28.3 Å². The van der Waals surface area contributed by atoms with Crippen LogP contribution >= 0.6 is 0 Å². The molecule has 0 spiro atoms. The number of nitriles is 1. The molecule has 0 radical (unpaired) electrons. The molecular formula is C23H23N5O. The molecule has 0 bridgehead atoms. The number of carbonyl (C=O) groups is 1. The summed E-state index contributed by atoms with van der Waals surface area (Å²) in [5.41, 5.74) is 3.97. The van der Waals surface area contributed by atoms with Crippen molar-refractivity contribution in [1.29, 1.82) is 5.26 Å². The number of rotatable bonds is 3. The van der Waals surface area contributed by atoms with Crippen LogP contribution in [0.4, 0.5) is 11.4 Å². The summed E-state index contributed by atoms with van der Waals surface area (Å²) in [4.78, 5) is 24.3. The average molecular weight is 385 g/mol. The Hall–Kier alpha value is -3.46. The van der Waals surface area contributed by atoms with Gasteiger partial charge in [-0.3, -0.25) is 4.79 Å². The van der Waals surface area contributed by atoms with Gasteiger partial charge in [-0.25, -0.2) is 9.97 Å². The maximum absolute atomic E-state index is 13.4. The first kappa shape index (κ1) is 18.9. The van der Waals surface area contributed by atoms with E-state index in [4.69, 9.17) is 0 Å². The summed E-state index contributed by atoms with van der Waals surface area (Å²) in [5.74, 6) is -0.0221. The minimum Gasteiger partial charge on any atom is -0.354 e. The second-order valence-corrected chi connectivity index (χ2v) is 7.53. The van der Waals surface area contributed by atoms with Crippen LogP contribution in [0.2, 0.25) is 0 Å². The minimum absolute atomic E-state index is 0.0221. The Labute approximate surface area is 170 Å². The third-order valence-electron chi connectivity index (χ3n) is 5.42. The first-order valence-electron chi connectivity index (χ1n) is 9.91. The van der Waals surface area contributed by atoms with Crippen molar-refractivity contribution in [2.24, 2.45) is 0 Å². The molecule has 1 atom stereocenters. The normalized spacial score (nSPS) is 16.4. The molecule has 1 aromatic carbocycles. The van der Waals surface area contributed by atoms with E-state index in [1.54, 1.807) is 18.3 Å². The largest absolute Gasteiger partial charge is 0.354 e. The van der Waals surface area contributed by atoms with Crippen LogP contribution in [0.1, 0.15) is 47.8 Å². The third-order valence-corrected chi connectivity index (χ3v) is 5.42. The van der Waals surface area contributed by atoms with E-state index < -0.39 is 0 Å². The van der Waals surface area contributed by atoms with Gasteiger partial charge in [0.1, 0.15) is 0 Å². The fraction of sp³-hybridized carbons (Fsp3) is 0.304. The van der Waals surface area contributed by atoms with E-state index in [-0.39, 0.29) is 11.9 Å².